The Hall–Kier alpha value is -3.39. The standard InChI is InChI=1S/C22H25N5O5/c1-22(2)31-10-9-30-18(13-25-21(29)17-6-4-3-5-15(17)11-23)19(32-22)14-24-20(28)16-7-8-26-27-12-16/h3-8,12,18-19H,9-10,13-14H2,1-2H3,(H,24,28)(H,25,29)/t18-,19+/m1/s1. The average molecular weight is 439 g/mol. The van der Waals surface area contributed by atoms with Gasteiger partial charge in [0.15, 0.2) is 5.79 Å². The number of carbonyl (C=O) groups is 2. The molecule has 0 radical (unpaired) electrons. The van der Waals surface area contributed by atoms with Crippen molar-refractivity contribution in [2.75, 3.05) is 26.3 Å². The lowest BCUT2D eigenvalue weighted by molar-refractivity contribution is -0.277. The highest BCUT2D eigenvalue weighted by molar-refractivity contribution is 5.96. The van der Waals surface area contributed by atoms with Gasteiger partial charge in [-0.2, -0.15) is 15.5 Å². The largest absolute Gasteiger partial charge is 0.371 e. The Morgan fingerprint density at radius 3 is 2.59 bits per heavy atom. The normalized spacial score (nSPS) is 20.3. The monoisotopic (exact) mass is 439 g/mol. The number of nitriles is 1. The Morgan fingerprint density at radius 1 is 1.09 bits per heavy atom. The minimum absolute atomic E-state index is 0.114. The van der Waals surface area contributed by atoms with Gasteiger partial charge in [-0.1, -0.05) is 12.1 Å². The number of amides is 2. The second-order valence-electron chi connectivity index (χ2n) is 7.52. The predicted molar refractivity (Wildman–Crippen MR) is 112 cm³/mol. The number of carbonyl (C=O) groups excluding carboxylic acids is 2. The fourth-order valence-electron chi connectivity index (χ4n) is 3.22. The van der Waals surface area contributed by atoms with Crippen LogP contribution in [0.1, 0.15) is 40.1 Å². The molecule has 2 heterocycles. The lowest BCUT2D eigenvalue weighted by Gasteiger charge is -2.37. The molecule has 2 amide bonds. The molecule has 1 aliphatic heterocycles. The van der Waals surface area contributed by atoms with E-state index in [9.17, 15) is 14.9 Å². The number of ether oxygens (including phenoxy) is 3. The van der Waals surface area contributed by atoms with Crippen LogP contribution < -0.4 is 10.6 Å². The molecule has 1 aliphatic rings. The van der Waals surface area contributed by atoms with Gasteiger partial charge >= 0.3 is 0 Å². The first-order valence-electron chi connectivity index (χ1n) is 10.2. The van der Waals surface area contributed by atoms with Crippen molar-refractivity contribution in [2.24, 2.45) is 0 Å². The summed E-state index contributed by atoms with van der Waals surface area (Å²) in [6, 6.07) is 10.1. The Bertz CT molecular complexity index is 976. The van der Waals surface area contributed by atoms with Crippen LogP contribution >= 0.6 is 0 Å². The molecule has 1 saturated heterocycles. The summed E-state index contributed by atoms with van der Waals surface area (Å²) >= 11 is 0. The average Bonchev–Trinajstić information content (AvgIpc) is 2.80. The maximum Gasteiger partial charge on any atom is 0.253 e. The Kier molecular flexibility index (Phi) is 7.83. The van der Waals surface area contributed by atoms with Crippen molar-refractivity contribution in [2.45, 2.75) is 31.8 Å². The van der Waals surface area contributed by atoms with Crippen molar-refractivity contribution < 1.29 is 23.8 Å². The van der Waals surface area contributed by atoms with Crippen LogP contribution in [0.5, 0.6) is 0 Å². The van der Waals surface area contributed by atoms with E-state index < -0.39 is 23.9 Å². The second kappa shape index (κ2) is 10.8. The number of aromatic nitrogens is 2. The molecule has 32 heavy (non-hydrogen) atoms. The van der Waals surface area contributed by atoms with Crippen LogP contribution in [0, 0.1) is 11.3 Å². The van der Waals surface area contributed by atoms with Crippen LogP contribution in [0.2, 0.25) is 0 Å². The molecule has 1 aromatic carbocycles. The number of hydrogen-bond acceptors (Lipinski definition) is 8. The van der Waals surface area contributed by atoms with E-state index >= 15 is 0 Å². The summed E-state index contributed by atoms with van der Waals surface area (Å²) < 4.78 is 17.6. The summed E-state index contributed by atoms with van der Waals surface area (Å²) in [6.07, 6.45) is 1.61. The van der Waals surface area contributed by atoms with E-state index in [2.05, 4.69) is 20.8 Å². The highest BCUT2D eigenvalue weighted by Crippen LogP contribution is 2.20. The molecule has 10 heteroatoms. The molecule has 0 unspecified atom stereocenters. The SMILES string of the molecule is CC1(C)OCCO[C@H](CNC(=O)c2ccccc2C#N)[C@H](CNC(=O)c2ccnnc2)O1. The summed E-state index contributed by atoms with van der Waals surface area (Å²) in [4.78, 5) is 25.1. The lowest BCUT2D eigenvalue weighted by Crippen LogP contribution is -2.52. The number of nitrogens with one attached hydrogen (secondary N) is 2. The molecule has 1 fully saturated rings. The summed E-state index contributed by atoms with van der Waals surface area (Å²) in [6.45, 7) is 4.39. The first-order valence-corrected chi connectivity index (χ1v) is 10.2. The Labute approximate surface area is 185 Å². The molecule has 0 spiro atoms. The molecule has 0 bridgehead atoms. The minimum atomic E-state index is -0.910. The summed E-state index contributed by atoms with van der Waals surface area (Å²) in [5.41, 5.74) is 0.921. The minimum Gasteiger partial charge on any atom is -0.371 e. The smallest absolute Gasteiger partial charge is 0.253 e. The molecule has 2 N–H and O–H groups in total. The molecule has 0 aliphatic carbocycles. The van der Waals surface area contributed by atoms with Crippen LogP contribution in [0.3, 0.4) is 0 Å². The molecule has 0 saturated carbocycles. The summed E-state index contributed by atoms with van der Waals surface area (Å²) in [5.74, 6) is -1.64. The maximum absolute atomic E-state index is 12.6. The van der Waals surface area contributed by atoms with E-state index in [1.54, 1.807) is 44.2 Å². The lowest BCUT2D eigenvalue weighted by atomic mass is 10.1. The zero-order chi connectivity index (χ0) is 23.0. The second-order valence-corrected chi connectivity index (χ2v) is 7.52. The van der Waals surface area contributed by atoms with Crippen molar-refractivity contribution in [3.63, 3.8) is 0 Å². The van der Waals surface area contributed by atoms with E-state index in [0.29, 0.717) is 18.8 Å². The quantitative estimate of drug-likeness (QED) is 0.682. The zero-order valence-electron chi connectivity index (χ0n) is 17.9. The summed E-state index contributed by atoms with van der Waals surface area (Å²) in [5, 5.41) is 22.2. The molecule has 168 valence electrons. The third-order valence-corrected chi connectivity index (χ3v) is 4.78. The molecule has 10 nitrogen and oxygen atoms in total. The van der Waals surface area contributed by atoms with Crippen LogP contribution in [0.4, 0.5) is 0 Å². The maximum atomic E-state index is 12.6. The Morgan fingerprint density at radius 2 is 1.84 bits per heavy atom. The first kappa shape index (κ1) is 23.3. The third kappa shape index (κ3) is 6.31. The Balaban J connectivity index is 1.69. The van der Waals surface area contributed by atoms with Crippen LogP contribution in [0.15, 0.2) is 42.7 Å². The molecular weight excluding hydrogens is 414 g/mol. The molecule has 1 aromatic heterocycles. The van der Waals surface area contributed by atoms with Crippen molar-refractivity contribution in [1.29, 1.82) is 5.26 Å². The van der Waals surface area contributed by atoms with Gasteiger partial charge in [-0.05, 0) is 32.0 Å². The van der Waals surface area contributed by atoms with Gasteiger partial charge < -0.3 is 24.8 Å². The van der Waals surface area contributed by atoms with Crippen molar-refractivity contribution in [3.05, 3.63) is 59.4 Å². The van der Waals surface area contributed by atoms with Gasteiger partial charge in [-0.15, -0.1) is 0 Å². The van der Waals surface area contributed by atoms with Gasteiger partial charge in [0.2, 0.25) is 0 Å². The summed E-state index contributed by atoms with van der Waals surface area (Å²) in [7, 11) is 0. The van der Waals surface area contributed by atoms with Crippen LogP contribution in [-0.4, -0.2) is 66.3 Å². The third-order valence-electron chi connectivity index (χ3n) is 4.78. The van der Waals surface area contributed by atoms with Gasteiger partial charge in [-0.3, -0.25) is 9.59 Å². The van der Waals surface area contributed by atoms with Crippen LogP contribution in [0.25, 0.3) is 0 Å². The predicted octanol–water partition coefficient (Wildman–Crippen LogP) is 1.04. The fourth-order valence-corrected chi connectivity index (χ4v) is 3.22. The highest BCUT2D eigenvalue weighted by atomic mass is 16.7. The number of benzene rings is 1. The van der Waals surface area contributed by atoms with Gasteiger partial charge in [0.25, 0.3) is 11.8 Å². The van der Waals surface area contributed by atoms with Crippen molar-refractivity contribution in [1.82, 2.24) is 20.8 Å². The van der Waals surface area contributed by atoms with Crippen LogP contribution in [-0.2, 0) is 14.2 Å². The number of rotatable bonds is 6. The fraction of sp³-hybridized carbons (Fsp3) is 0.409. The van der Waals surface area contributed by atoms with Crippen molar-refractivity contribution >= 4 is 11.8 Å². The molecule has 2 aromatic rings. The first-order chi connectivity index (χ1) is 15.4. The van der Waals surface area contributed by atoms with Gasteiger partial charge in [0.05, 0.1) is 48.4 Å². The molecule has 3 rings (SSSR count). The van der Waals surface area contributed by atoms with Gasteiger partial charge in [-0.25, -0.2) is 0 Å². The van der Waals surface area contributed by atoms with E-state index in [4.69, 9.17) is 14.2 Å². The number of nitrogens with zero attached hydrogens (tertiary/aromatic N) is 3. The van der Waals surface area contributed by atoms with E-state index in [0.717, 1.165) is 0 Å². The topological polar surface area (TPSA) is 135 Å². The van der Waals surface area contributed by atoms with E-state index in [-0.39, 0.29) is 30.1 Å². The van der Waals surface area contributed by atoms with E-state index in [1.807, 2.05) is 6.07 Å². The molecule has 2 atom stereocenters. The van der Waals surface area contributed by atoms with Gasteiger partial charge in [0, 0.05) is 13.1 Å². The molecular formula is C22H25N5O5. The van der Waals surface area contributed by atoms with Crippen molar-refractivity contribution in [3.8, 4) is 6.07 Å². The van der Waals surface area contributed by atoms with E-state index in [1.165, 1.54) is 12.4 Å². The number of hydrogen-bond donors (Lipinski definition) is 2. The zero-order valence-corrected chi connectivity index (χ0v) is 17.9. The highest BCUT2D eigenvalue weighted by Gasteiger charge is 2.33. The van der Waals surface area contributed by atoms with Gasteiger partial charge in [0.1, 0.15) is 12.2 Å².